The highest BCUT2D eigenvalue weighted by Gasteiger charge is 2.24. The second-order valence-electron chi connectivity index (χ2n) is 4.58. The molecule has 2 atom stereocenters. The Labute approximate surface area is 112 Å². The van der Waals surface area contributed by atoms with E-state index < -0.39 is 6.17 Å². The van der Waals surface area contributed by atoms with Gasteiger partial charge in [0.15, 0.2) is 0 Å². The Morgan fingerprint density at radius 3 is 2.47 bits per heavy atom. The van der Waals surface area contributed by atoms with Gasteiger partial charge in [-0.1, -0.05) is 49.2 Å². The van der Waals surface area contributed by atoms with E-state index in [0.717, 1.165) is 5.56 Å². The molecule has 1 rings (SSSR count). The number of rotatable bonds is 5. The van der Waals surface area contributed by atoms with Crippen molar-refractivity contribution in [2.75, 3.05) is 6.54 Å². The van der Waals surface area contributed by atoms with E-state index in [1.807, 2.05) is 13.8 Å². The van der Waals surface area contributed by atoms with Gasteiger partial charge in [0.05, 0.1) is 10.0 Å². The Hall–Kier alpha value is -0.310. The fraction of sp³-hybridized carbons (Fsp3) is 0.538. The summed E-state index contributed by atoms with van der Waals surface area (Å²) in [6.07, 6.45) is -0.727. The largest absolute Gasteiger partial charge is 0.330 e. The van der Waals surface area contributed by atoms with Gasteiger partial charge in [-0.25, -0.2) is 4.39 Å². The fourth-order valence-electron chi connectivity index (χ4n) is 1.91. The molecule has 0 aromatic heterocycles. The molecule has 0 bridgehead atoms. The molecule has 2 N–H and O–H groups in total. The minimum absolute atomic E-state index is 0.148. The molecule has 2 unspecified atom stereocenters. The first-order valence-electron chi connectivity index (χ1n) is 5.74. The molecule has 1 aromatic rings. The molecule has 0 amide bonds. The van der Waals surface area contributed by atoms with Gasteiger partial charge in [0.25, 0.3) is 0 Å². The number of hydrogen-bond donors (Lipinski definition) is 1. The number of halogens is 3. The smallest absolute Gasteiger partial charge is 0.108 e. The van der Waals surface area contributed by atoms with Gasteiger partial charge in [-0.2, -0.15) is 0 Å². The normalized spacial score (nSPS) is 15.0. The van der Waals surface area contributed by atoms with Crippen LogP contribution in [-0.2, 0) is 6.42 Å². The predicted octanol–water partition coefficient (Wildman–Crippen LogP) is 4.10. The van der Waals surface area contributed by atoms with Gasteiger partial charge in [-0.3, -0.25) is 0 Å². The minimum Gasteiger partial charge on any atom is -0.330 e. The number of benzene rings is 1. The zero-order chi connectivity index (χ0) is 13.0. The van der Waals surface area contributed by atoms with Crippen LogP contribution in [0.1, 0.15) is 19.4 Å². The molecule has 1 nitrogen and oxygen atoms in total. The van der Waals surface area contributed by atoms with Gasteiger partial charge in [-0.15, -0.1) is 0 Å². The highest BCUT2D eigenvalue weighted by Crippen LogP contribution is 2.29. The van der Waals surface area contributed by atoms with E-state index in [4.69, 9.17) is 28.9 Å². The highest BCUT2D eigenvalue weighted by atomic mass is 35.5. The van der Waals surface area contributed by atoms with Gasteiger partial charge in [0.1, 0.15) is 6.17 Å². The predicted molar refractivity (Wildman–Crippen MR) is 72.4 cm³/mol. The number of hydrogen-bond acceptors (Lipinski definition) is 1. The van der Waals surface area contributed by atoms with Crippen molar-refractivity contribution in [3.05, 3.63) is 33.8 Å². The molecule has 0 saturated heterocycles. The summed E-state index contributed by atoms with van der Waals surface area (Å²) in [6, 6.07) is 5.28. The maximum Gasteiger partial charge on any atom is 0.108 e. The van der Waals surface area contributed by atoms with E-state index in [-0.39, 0.29) is 18.3 Å². The van der Waals surface area contributed by atoms with Crippen molar-refractivity contribution >= 4 is 23.2 Å². The SMILES string of the molecule is CC(C)C(CN)C(F)Cc1cccc(Cl)c1Cl. The van der Waals surface area contributed by atoms with Crippen molar-refractivity contribution < 1.29 is 4.39 Å². The van der Waals surface area contributed by atoms with Crippen LogP contribution >= 0.6 is 23.2 Å². The van der Waals surface area contributed by atoms with Crippen LogP contribution in [0.15, 0.2) is 18.2 Å². The Kier molecular flexibility index (Phi) is 5.71. The van der Waals surface area contributed by atoms with Gasteiger partial charge in [0, 0.05) is 12.3 Å². The lowest BCUT2D eigenvalue weighted by Gasteiger charge is -2.23. The molecule has 17 heavy (non-hydrogen) atoms. The maximum absolute atomic E-state index is 14.1. The van der Waals surface area contributed by atoms with Crippen LogP contribution in [0.2, 0.25) is 10.0 Å². The first-order chi connectivity index (χ1) is 7.97. The summed E-state index contributed by atoms with van der Waals surface area (Å²) in [4.78, 5) is 0. The zero-order valence-corrected chi connectivity index (χ0v) is 11.6. The highest BCUT2D eigenvalue weighted by molar-refractivity contribution is 6.42. The summed E-state index contributed by atoms with van der Waals surface area (Å²) >= 11 is 11.9. The molecular weight excluding hydrogens is 260 g/mol. The third-order valence-corrected chi connectivity index (χ3v) is 3.90. The number of nitrogens with two attached hydrogens (primary N) is 1. The third-order valence-electron chi connectivity index (χ3n) is 3.04. The van der Waals surface area contributed by atoms with Crippen molar-refractivity contribution in [3.8, 4) is 0 Å². The van der Waals surface area contributed by atoms with E-state index >= 15 is 0 Å². The van der Waals surface area contributed by atoms with Crippen LogP contribution in [0, 0.1) is 11.8 Å². The monoisotopic (exact) mass is 277 g/mol. The summed E-state index contributed by atoms with van der Waals surface area (Å²) in [7, 11) is 0. The lowest BCUT2D eigenvalue weighted by atomic mass is 9.88. The van der Waals surface area contributed by atoms with E-state index in [0.29, 0.717) is 16.6 Å². The van der Waals surface area contributed by atoms with Gasteiger partial charge in [0.2, 0.25) is 0 Å². The van der Waals surface area contributed by atoms with E-state index in [9.17, 15) is 4.39 Å². The Bertz CT molecular complexity index is 368. The molecular formula is C13H18Cl2FN. The molecule has 0 aliphatic rings. The standard InChI is InChI=1S/C13H18Cl2FN/c1-8(2)10(7-17)12(16)6-9-4-3-5-11(14)13(9)15/h3-5,8,10,12H,6-7,17H2,1-2H3. The van der Waals surface area contributed by atoms with Crippen molar-refractivity contribution in [2.45, 2.75) is 26.4 Å². The Balaban J connectivity index is 2.80. The molecule has 0 heterocycles. The van der Waals surface area contributed by atoms with Crippen LogP contribution in [0.4, 0.5) is 4.39 Å². The zero-order valence-electron chi connectivity index (χ0n) is 10.1. The average molecular weight is 278 g/mol. The molecule has 1 aromatic carbocycles. The molecule has 0 spiro atoms. The molecule has 0 fully saturated rings. The Morgan fingerprint density at radius 1 is 1.29 bits per heavy atom. The van der Waals surface area contributed by atoms with Crippen molar-refractivity contribution in [1.82, 2.24) is 0 Å². The topological polar surface area (TPSA) is 26.0 Å². The van der Waals surface area contributed by atoms with Crippen LogP contribution in [0.5, 0.6) is 0 Å². The van der Waals surface area contributed by atoms with E-state index in [1.54, 1.807) is 18.2 Å². The lowest BCUT2D eigenvalue weighted by Crippen LogP contribution is -2.30. The fourth-order valence-corrected chi connectivity index (χ4v) is 2.30. The molecule has 0 radical (unpaired) electrons. The number of alkyl halides is 1. The van der Waals surface area contributed by atoms with Crippen LogP contribution < -0.4 is 5.73 Å². The van der Waals surface area contributed by atoms with Gasteiger partial charge < -0.3 is 5.73 Å². The molecule has 0 aliphatic carbocycles. The summed E-state index contributed by atoms with van der Waals surface area (Å²) < 4.78 is 14.1. The summed E-state index contributed by atoms with van der Waals surface area (Å²) in [5, 5.41) is 0.904. The quantitative estimate of drug-likeness (QED) is 0.862. The molecule has 0 saturated carbocycles. The van der Waals surface area contributed by atoms with Crippen molar-refractivity contribution in [3.63, 3.8) is 0 Å². The summed E-state index contributed by atoms with van der Waals surface area (Å²) in [5.41, 5.74) is 6.34. The average Bonchev–Trinajstić information content (AvgIpc) is 2.25. The van der Waals surface area contributed by atoms with E-state index in [1.165, 1.54) is 0 Å². The third kappa shape index (κ3) is 3.84. The van der Waals surface area contributed by atoms with Crippen LogP contribution in [0.3, 0.4) is 0 Å². The maximum atomic E-state index is 14.1. The Morgan fingerprint density at radius 2 is 1.94 bits per heavy atom. The second kappa shape index (κ2) is 6.58. The second-order valence-corrected chi connectivity index (χ2v) is 5.36. The first-order valence-corrected chi connectivity index (χ1v) is 6.50. The van der Waals surface area contributed by atoms with E-state index in [2.05, 4.69) is 0 Å². The first kappa shape index (κ1) is 14.7. The van der Waals surface area contributed by atoms with Gasteiger partial charge in [-0.05, 0) is 24.1 Å². The molecule has 0 aliphatic heterocycles. The minimum atomic E-state index is -0.990. The molecule has 4 heteroatoms. The van der Waals surface area contributed by atoms with Crippen LogP contribution in [-0.4, -0.2) is 12.7 Å². The lowest BCUT2D eigenvalue weighted by molar-refractivity contribution is 0.185. The summed E-state index contributed by atoms with van der Waals surface area (Å²) in [6.45, 7) is 4.30. The summed E-state index contributed by atoms with van der Waals surface area (Å²) in [5.74, 6) is 0.0676. The van der Waals surface area contributed by atoms with Crippen molar-refractivity contribution in [2.24, 2.45) is 17.6 Å². The van der Waals surface area contributed by atoms with Crippen LogP contribution in [0.25, 0.3) is 0 Å². The van der Waals surface area contributed by atoms with Gasteiger partial charge >= 0.3 is 0 Å². The van der Waals surface area contributed by atoms with Crippen molar-refractivity contribution in [1.29, 1.82) is 0 Å². The molecule has 96 valence electrons.